The van der Waals surface area contributed by atoms with Crippen molar-refractivity contribution in [2.75, 3.05) is 24.6 Å². The van der Waals surface area contributed by atoms with E-state index in [1.54, 1.807) is 7.11 Å². The van der Waals surface area contributed by atoms with E-state index in [0.29, 0.717) is 12.1 Å². The maximum atomic E-state index is 12.2. The fraction of sp³-hybridized carbons (Fsp3) is 0.278. The molecule has 0 aromatic heterocycles. The first-order valence-electron chi connectivity index (χ1n) is 7.97. The molecule has 0 aliphatic carbocycles. The zero-order valence-electron chi connectivity index (χ0n) is 14.6. The highest BCUT2D eigenvalue weighted by molar-refractivity contribution is 7.92. The van der Waals surface area contributed by atoms with Gasteiger partial charge in [0.2, 0.25) is 10.0 Å². The zero-order valence-corrected chi connectivity index (χ0v) is 16.2. The second kappa shape index (κ2) is 8.91. The van der Waals surface area contributed by atoms with E-state index >= 15 is 0 Å². The average molecular weight is 397 g/mol. The van der Waals surface area contributed by atoms with Crippen LogP contribution >= 0.6 is 11.6 Å². The number of hydrogen-bond acceptors (Lipinski definition) is 4. The number of hydrogen-bond donors (Lipinski definition) is 2. The molecule has 0 radical (unpaired) electrons. The minimum Gasteiger partial charge on any atom is -0.496 e. The summed E-state index contributed by atoms with van der Waals surface area (Å²) in [4.78, 5) is 12.2. The van der Waals surface area contributed by atoms with Crippen LogP contribution in [0.1, 0.15) is 22.3 Å². The number of nitrogens with one attached hydrogen (secondary N) is 2. The highest BCUT2D eigenvalue weighted by Crippen LogP contribution is 2.24. The van der Waals surface area contributed by atoms with Crippen LogP contribution in [-0.4, -0.2) is 34.2 Å². The minimum atomic E-state index is -3.43. The largest absolute Gasteiger partial charge is 0.496 e. The summed E-state index contributed by atoms with van der Waals surface area (Å²) in [6.07, 6.45) is 2.57. The Hall–Kier alpha value is -2.25. The summed E-state index contributed by atoms with van der Waals surface area (Å²) < 4.78 is 30.1. The molecule has 0 heterocycles. The fourth-order valence-corrected chi connectivity index (χ4v) is 3.29. The normalized spacial score (nSPS) is 11.0. The molecule has 0 atom stereocenters. The maximum Gasteiger partial charge on any atom is 0.251 e. The number of sulfonamides is 1. The first-order chi connectivity index (χ1) is 12.3. The van der Waals surface area contributed by atoms with Crippen LogP contribution in [0.25, 0.3) is 0 Å². The molecule has 0 bridgehead atoms. The number of aryl methyl sites for hydroxylation is 1. The van der Waals surface area contributed by atoms with Crippen LogP contribution < -0.4 is 14.8 Å². The zero-order chi connectivity index (χ0) is 19.2. The second-order valence-electron chi connectivity index (χ2n) is 5.74. The van der Waals surface area contributed by atoms with Gasteiger partial charge in [0.05, 0.1) is 24.1 Å². The summed E-state index contributed by atoms with van der Waals surface area (Å²) in [5, 5.41) is 2.99. The SMILES string of the molecule is COc1ccccc1CCCNC(=O)c1ccc(NS(C)(=O)=O)c(Cl)c1. The molecule has 26 heavy (non-hydrogen) atoms. The van der Waals surface area contributed by atoms with E-state index in [1.165, 1.54) is 18.2 Å². The van der Waals surface area contributed by atoms with E-state index in [1.807, 2.05) is 24.3 Å². The Balaban J connectivity index is 1.89. The molecular formula is C18H21ClN2O4S. The van der Waals surface area contributed by atoms with Crippen molar-refractivity contribution < 1.29 is 17.9 Å². The molecule has 6 nitrogen and oxygen atoms in total. The van der Waals surface area contributed by atoms with Crippen LogP contribution in [0.15, 0.2) is 42.5 Å². The summed E-state index contributed by atoms with van der Waals surface area (Å²) in [6.45, 7) is 0.498. The summed E-state index contributed by atoms with van der Waals surface area (Å²) in [6, 6.07) is 12.2. The first kappa shape index (κ1) is 20.1. The molecule has 2 N–H and O–H groups in total. The number of carbonyl (C=O) groups excluding carboxylic acids is 1. The summed E-state index contributed by atoms with van der Waals surface area (Å²) in [7, 11) is -1.80. The number of methoxy groups -OCH3 is 1. The monoisotopic (exact) mass is 396 g/mol. The molecule has 8 heteroatoms. The molecule has 2 aromatic carbocycles. The van der Waals surface area contributed by atoms with Gasteiger partial charge in [-0.05, 0) is 42.7 Å². The number of rotatable bonds is 8. The number of ether oxygens (including phenoxy) is 1. The Labute approximate surface area is 158 Å². The Morgan fingerprint density at radius 2 is 1.92 bits per heavy atom. The van der Waals surface area contributed by atoms with Crippen molar-refractivity contribution in [1.29, 1.82) is 0 Å². The Kier molecular flexibility index (Phi) is 6.88. The number of carbonyl (C=O) groups is 1. The van der Waals surface area contributed by atoms with Crippen LogP contribution in [0.5, 0.6) is 5.75 Å². The molecule has 2 rings (SSSR count). The van der Waals surface area contributed by atoms with Gasteiger partial charge >= 0.3 is 0 Å². The average Bonchev–Trinajstić information content (AvgIpc) is 2.59. The van der Waals surface area contributed by atoms with Crippen LogP contribution in [0.4, 0.5) is 5.69 Å². The number of halogens is 1. The highest BCUT2D eigenvalue weighted by atomic mass is 35.5. The second-order valence-corrected chi connectivity index (χ2v) is 7.90. The first-order valence-corrected chi connectivity index (χ1v) is 10.2. The van der Waals surface area contributed by atoms with Crippen LogP contribution in [-0.2, 0) is 16.4 Å². The van der Waals surface area contributed by atoms with Gasteiger partial charge in [-0.25, -0.2) is 8.42 Å². The molecule has 0 aliphatic heterocycles. The van der Waals surface area contributed by atoms with Crippen molar-refractivity contribution in [3.8, 4) is 5.75 Å². The molecule has 0 spiro atoms. The highest BCUT2D eigenvalue weighted by Gasteiger charge is 2.11. The Bertz CT molecular complexity index is 885. The van der Waals surface area contributed by atoms with Crippen molar-refractivity contribution in [2.45, 2.75) is 12.8 Å². The van der Waals surface area contributed by atoms with Crippen molar-refractivity contribution in [3.05, 3.63) is 58.6 Å². The lowest BCUT2D eigenvalue weighted by Gasteiger charge is -2.10. The summed E-state index contributed by atoms with van der Waals surface area (Å²) in [5.41, 5.74) is 1.69. The van der Waals surface area contributed by atoms with Crippen LogP contribution in [0.3, 0.4) is 0 Å². The third-order valence-electron chi connectivity index (χ3n) is 3.63. The topological polar surface area (TPSA) is 84.5 Å². The lowest BCUT2D eigenvalue weighted by Crippen LogP contribution is -2.24. The van der Waals surface area contributed by atoms with E-state index in [9.17, 15) is 13.2 Å². The molecular weight excluding hydrogens is 376 g/mol. The minimum absolute atomic E-state index is 0.164. The van der Waals surface area contributed by atoms with Gasteiger partial charge in [0, 0.05) is 12.1 Å². The van der Waals surface area contributed by atoms with E-state index in [4.69, 9.17) is 16.3 Å². The number of amides is 1. The molecule has 0 aliphatic rings. The number of benzene rings is 2. The maximum absolute atomic E-state index is 12.2. The van der Waals surface area contributed by atoms with E-state index in [-0.39, 0.29) is 16.6 Å². The molecule has 0 saturated heterocycles. The van der Waals surface area contributed by atoms with Crippen molar-refractivity contribution in [2.24, 2.45) is 0 Å². The third kappa shape index (κ3) is 5.93. The Morgan fingerprint density at radius 3 is 2.58 bits per heavy atom. The molecule has 140 valence electrons. The molecule has 0 unspecified atom stereocenters. The summed E-state index contributed by atoms with van der Waals surface area (Å²) in [5.74, 6) is 0.567. The van der Waals surface area contributed by atoms with Crippen molar-refractivity contribution >= 4 is 33.2 Å². The van der Waals surface area contributed by atoms with E-state index < -0.39 is 10.0 Å². The van der Waals surface area contributed by atoms with Gasteiger partial charge in [0.1, 0.15) is 5.75 Å². The van der Waals surface area contributed by atoms with Gasteiger partial charge in [0.15, 0.2) is 0 Å². The van der Waals surface area contributed by atoms with Gasteiger partial charge in [-0.2, -0.15) is 0 Å². The Morgan fingerprint density at radius 1 is 1.19 bits per heavy atom. The molecule has 0 saturated carbocycles. The van der Waals surface area contributed by atoms with Gasteiger partial charge in [-0.1, -0.05) is 29.8 Å². The van der Waals surface area contributed by atoms with Gasteiger partial charge in [0.25, 0.3) is 5.91 Å². The predicted molar refractivity (Wildman–Crippen MR) is 104 cm³/mol. The smallest absolute Gasteiger partial charge is 0.251 e. The number of para-hydroxylation sites is 1. The van der Waals surface area contributed by atoms with E-state index in [2.05, 4.69) is 10.0 Å². The quantitative estimate of drug-likeness (QED) is 0.671. The predicted octanol–water partition coefficient (Wildman–Crippen LogP) is 3.08. The standard InChI is InChI=1S/C18H21ClN2O4S/c1-25-17-8-4-3-6-13(17)7-5-11-20-18(22)14-9-10-16(15(19)12-14)21-26(2,23)24/h3-4,6,8-10,12,21H,5,7,11H2,1-2H3,(H,20,22). The lowest BCUT2D eigenvalue weighted by atomic mass is 10.1. The third-order valence-corrected chi connectivity index (χ3v) is 4.53. The van der Waals surface area contributed by atoms with Crippen LogP contribution in [0.2, 0.25) is 5.02 Å². The van der Waals surface area contributed by atoms with E-state index in [0.717, 1.165) is 30.4 Å². The fourth-order valence-electron chi connectivity index (χ4n) is 2.43. The van der Waals surface area contributed by atoms with Crippen molar-refractivity contribution in [3.63, 3.8) is 0 Å². The summed E-state index contributed by atoms with van der Waals surface area (Å²) >= 11 is 6.03. The van der Waals surface area contributed by atoms with Gasteiger partial charge in [-0.15, -0.1) is 0 Å². The van der Waals surface area contributed by atoms with Gasteiger partial charge < -0.3 is 10.1 Å². The molecule has 1 amide bonds. The van der Waals surface area contributed by atoms with Gasteiger partial charge in [-0.3, -0.25) is 9.52 Å². The van der Waals surface area contributed by atoms with Crippen LogP contribution in [0, 0.1) is 0 Å². The lowest BCUT2D eigenvalue weighted by molar-refractivity contribution is 0.0953. The molecule has 2 aromatic rings. The molecule has 0 fully saturated rings. The van der Waals surface area contributed by atoms with Crippen molar-refractivity contribution in [1.82, 2.24) is 5.32 Å². The number of anilines is 1.